The van der Waals surface area contributed by atoms with Crippen molar-refractivity contribution in [3.63, 3.8) is 0 Å². The molecule has 0 radical (unpaired) electrons. The van der Waals surface area contributed by atoms with Crippen molar-refractivity contribution in [3.8, 4) is 0 Å². The van der Waals surface area contributed by atoms with Crippen LogP contribution in [-0.2, 0) is 0 Å². The lowest BCUT2D eigenvalue weighted by Gasteiger charge is -2.21. The SMILES string of the molecule is CCCNc1cc(C)ncc1C(=O)NC(C)(C)C. The smallest absolute Gasteiger partial charge is 0.255 e. The molecule has 1 rings (SSSR count). The average Bonchev–Trinajstić information content (AvgIpc) is 2.23. The highest BCUT2D eigenvalue weighted by Crippen LogP contribution is 2.16. The summed E-state index contributed by atoms with van der Waals surface area (Å²) in [6.07, 6.45) is 2.65. The van der Waals surface area contributed by atoms with E-state index in [1.54, 1.807) is 6.20 Å². The van der Waals surface area contributed by atoms with Crippen LogP contribution in [0.4, 0.5) is 5.69 Å². The molecule has 0 saturated heterocycles. The number of pyridine rings is 1. The molecule has 0 spiro atoms. The van der Waals surface area contributed by atoms with Gasteiger partial charge in [-0.05, 0) is 40.2 Å². The first-order valence-electron chi connectivity index (χ1n) is 6.36. The molecular formula is C14H23N3O. The van der Waals surface area contributed by atoms with Gasteiger partial charge in [-0.15, -0.1) is 0 Å². The summed E-state index contributed by atoms with van der Waals surface area (Å²) in [5, 5.41) is 6.22. The first kappa shape index (κ1) is 14.5. The monoisotopic (exact) mass is 249 g/mol. The lowest BCUT2D eigenvalue weighted by molar-refractivity contribution is 0.0920. The van der Waals surface area contributed by atoms with Crippen LogP contribution >= 0.6 is 0 Å². The number of hydrogen-bond acceptors (Lipinski definition) is 3. The van der Waals surface area contributed by atoms with Gasteiger partial charge in [0.15, 0.2) is 0 Å². The average molecular weight is 249 g/mol. The van der Waals surface area contributed by atoms with Gasteiger partial charge in [-0.3, -0.25) is 9.78 Å². The zero-order valence-corrected chi connectivity index (χ0v) is 11.9. The van der Waals surface area contributed by atoms with E-state index < -0.39 is 0 Å². The highest BCUT2D eigenvalue weighted by Gasteiger charge is 2.18. The topological polar surface area (TPSA) is 54.0 Å². The van der Waals surface area contributed by atoms with Crippen LogP contribution < -0.4 is 10.6 Å². The Hall–Kier alpha value is -1.58. The van der Waals surface area contributed by atoms with E-state index in [9.17, 15) is 4.79 Å². The summed E-state index contributed by atoms with van der Waals surface area (Å²) >= 11 is 0. The van der Waals surface area contributed by atoms with Gasteiger partial charge in [0.05, 0.1) is 11.3 Å². The van der Waals surface area contributed by atoms with Crippen molar-refractivity contribution in [2.75, 3.05) is 11.9 Å². The van der Waals surface area contributed by atoms with Crippen LogP contribution in [0, 0.1) is 6.92 Å². The van der Waals surface area contributed by atoms with Gasteiger partial charge < -0.3 is 10.6 Å². The lowest BCUT2D eigenvalue weighted by atomic mass is 10.1. The van der Waals surface area contributed by atoms with E-state index in [2.05, 4.69) is 22.5 Å². The fraction of sp³-hybridized carbons (Fsp3) is 0.571. The second-order valence-electron chi connectivity index (χ2n) is 5.50. The van der Waals surface area contributed by atoms with Crippen molar-refractivity contribution in [3.05, 3.63) is 23.5 Å². The van der Waals surface area contributed by atoms with Gasteiger partial charge in [-0.1, -0.05) is 6.92 Å². The number of nitrogens with zero attached hydrogens (tertiary/aromatic N) is 1. The summed E-state index contributed by atoms with van der Waals surface area (Å²) in [5.41, 5.74) is 2.11. The van der Waals surface area contributed by atoms with Crippen LogP contribution in [0.3, 0.4) is 0 Å². The molecule has 0 saturated carbocycles. The van der Waals surface area contributed by atoms with Crippen molar-refractivity contribution in [1.29, 1.82) is 0 Å². The number of aromatic nitrogens is 1. The fourth-order valence-corrected chi connectivity index (χ4v) is 1.55. The molecule has 0 bridgehead atoms. The molecule has 0 fully saturated rings. The highest BCUT2D eigenvalue weighted by molar-refractivity contribution is 5.99. The molecule has 4 nitrogen and oxygen atoms in total. The Kier molecular flexibility index (Phi) is 4.70. The molecule has 0 aliphatic heterocycles. The minimum atomic E-state index is -0.246. The number of anilines is 1. The molecule has 18 heavy (non-hydrogen) atoms. The normalized spacial score (nSPS) is 11.2. The van der Waals surface area contributed by atoms with Crippen molar-refractivity contribution in [2.24, 2.45) is 0 Å². The Labute approximate surface area is 109 Å². The zero-order valence-electron chi connectivity index (χ0n) is 11.9. The van der Waals surface area contributed by atoms with Crippen molar-refractivity contribution >= 4 is 11.6 Å². The molecule has 4 heteroatoms. The summed E-state index contributed by atoms with van der Waals surface area (Å²) in [4.78, 5) is 16.4. The molecule has 0 aromatic carbocycles. The van der Waals surface area contributed by atoms with Crippen LogP contribution in [0.1, 0.15) is 50.2 Å². The number of carbonyl (C=O) groups excluding carboxylic acids is 1. The van der Waals surface area contributed by atoms with E-state index in [0.717, 1.165) is 24.3 Å². The third kappa shape index (κ3) is 4.35. The van der Waals surface area contributed by atoms with Gasteiger partial charge in [0.1, 0.15) is 0 Å². The summed E-state index contributed by atoms with van der Waals surface area (Å²) in [5.74, 6) is -0.0893. The summed E-state index contributed by atoms with van der Waals surface area (Å²) in [6, 6.07) is 1.91. The maximum atomic E-state index is 12.2. The van der Waals surface area contributed by atoms with E-state index in [0.29, 0.717) is 5.56 Å². The largest absolute Gasteiger partial charge is 0.384 e. The van der Waals surface area contributed by atoms with E-state index in [-0.39, 0.29) is 11.4 Å². The maximum Gasteiger partial charge on any atom is 0.255 e. The second-order valence-corrected chi connectivity index (χ2v) is 5.50. The molecule has 2 N–H and O–H groups in total. The quantitative estimate of drug-likeness (QED) is 0.862. The summed E-state index contributed by atoms with van der Waals surface area (Å²) in [6.45, 7) is 10.8. The van der Waals surface area contributed by atoms with Gasteiger partial charge >= 0.3 is 0 Å². The lowest BCUT2D eigenvalue weighted by Crippen LogP contribution is -2.40. The van der Waals surface area contributed by atoms with Gasteiger partial charge in [0.25, 0.3) is 5.91 Å². The van der Waals surface area contributed by atoms with Crippen LogP contribution in [0.2, 0.25) is 0 Å². The molecule has 0 atom stereocenters. The Balaban J connectivity index is 2.96. The molecular weight excluding hydrogens is 226 g/mol. The minimum absolute atomic E-state index is 0.0893. The molecule has 1 aromatic heterocycles. The molecule has 0 aliphatic carbocycles. The van der Waals surface area contributed by atoms with E-state index in [1.807, 2.05) is 33.8 Å². The zero-order chi connectivity index (χ0) is 13.8. The minimum Gasteiger partial charge on any atom is -0.384 e. The Morgan fingerprint density at radius 3 is 2.61 bits per heavy atom. The van der Waals surface area contributed by atoms with Crippen molar-refractivity contribution in [2.45, 2.75) is 46.6 Å². The van der Waals surface area contributed by atoms with Gasteiger partial charge in [0.2, 0.25) is 0 Å². The van der Waals surface area contributed by atoms with Gasteiger partial charge in [-0.2, -0.15) is 0 Å². The number of hydrogen-bond donors (Lipinski definition) is 2. The third-order valence-corrected chi connectivity index (χ3v) is 2.34. The number of nitrogens with one attached hydrogen (secondary N) is 2. The van der Waals surface area contributed by atoms with E-state index >= 15 is 0 Å². The number of rotatable bonds is 4. The van der Waals surface area contributed by atoms with Gasteiger partial charge in [-0.25, -0.2) is 0 Å². The van der Waals surface area contributed by atoms with Crippen LogP contribution in [0.15, 0.2) is 12.3 Å². The van der Waals surface area contributed by atoms with Gasteiger partial charge in [0, 0.05) is 24.0 Å². The first-order chi connectivity index (χ1) is 8.33. The Morgan fingerprint density at radius 2 is 2.06 bits per heavy atom. The number of carbonyl (C=O) groups is 1. The molecule has 1 aromatic rings. The van der Waals surface area contributed by atoms with Crippen LogP contribution in [0.5, 0.6) is 0 Å². The fourth-order valence-electron chi connectivity index (χ4n) is 1.55. The molecule has 0 aliphatic rings. The summed E-state index contributed by atoms with van der Waals surface area (Å²) in [7, 11) is 0. The predicted octanol–water partition coefficient (Wildman–Crippen LogP) is 2.74. The summed E-state index contributed by atoms with van der Waals surface area (Å²) < 4.78 is 0. The van der Waals surface area contributed by atoms with Crippen LogP contribution in [0.25, 0.3) is 0 Å². The van der Waals surface area contributed by atoms with E-state index in [4.69, 9.17) is 0 Å². The molecule has 0 unspecified atom stereocenters. The standard InChI is InChI=1S/C14H23N3O/c1-6-7-15-12-8-10(2)16-9-11(12)13(18)17-14(3,4)5/h8-9H,6-7H2,1-5H3,(H,15,16)(H,17,18). The third-order valence-electron chi connectivity index (χ3n) is 2.34. The Morgan fingerprint density at radius 1 is 1.39 bits per heavy atom. The molecule has 1 heterocycles. The second kappa shape index (κ2) is 5.85. The van der Waals surface area contributed by atoms with Crippen LogP contribution in [-0.4, -0.2) is 23.0 Å². The number of aryl methyl sites for hydroxylation is 1. The molecule has 1 amide bonds. The first-order valence-corrected chi connectivity index (χ1v) is 6.36. The highest BCUT2D eigenvalue weighted by atomic mass is 16.1. The molecule has 100 valence electrons. The number of amides is 1. The van der Waals surface area contributed by atoms with E-state index in [1.165, 1.54) is 0 Å². The maximum absolute atomic E-state index is 12.2. The van der Waals surface area contributed by atoms with Crippen molar-refractivity contribution < 1.29 is 4.79 Å². The predicted molar refractivity (Wildman–Crippen MR) is 75.0 cm³/mol. The van der Waals surface area contributed by atoms with Crippen molar-refractivity contribution in [1.82, 2.24) is 10.3 Å². The Bertz CT molecular complexity index is 422.